The first-order chi connectivity index (χ1) is 7.36. The fourth-order valence-corrected chi connectivity index (χ4v) is 1.63. The monoisotopic (exact) mass is 224 g/mol. The molecule has 1 rings (SSSR count). The summed E-state index contributed by atoms with van der Waals surface area (Å²) in [5.41, 5.74) is 1.36. The van der Waals surface area contributed by atoms with Crippen molar-refractivity contribution in [2.24, 2.45) is 0 Å². The van der Waals surface area contributed by atoms with Gasteiger partial charge in [-0.05, 0) is 49.1 Å². The van der Waals surface area contributed by atoms with Gasteiger partial charge in [0.05, 0.1) is 6.61 Å². The highest BCUT2D eigenvalue weighted by molar-refractivity contribution is 7.80. The van der Waals surface area contributed by atoms with Gasteiger partial charge in [-0.25, -0.2) is 0 Å². The summed E-state index contributed by atoms with van der Waals surface area (Å²) in [6.07, 6.45) is 4.59. The molecule has 0 atom stereocenters. The molecular weight excluding hydrogens is 204 g/mol. The van der Waals surface area contributed by atoms with Crippen LogP contribution >= 0.6 is 12.6 Å². The maximum absolute atomic E-state index is 5.63. The van der Waals surface area contributed by atoms with Gasteiger partial charge in [0.2, 0.25) is 0 Å². The van der Waals surface area contributed by atoms with Crippen LogP contribution in [-0.2, 0) is 6.42 Å². The fourth-order valence-electron chi connectivity index (χ4n) is 1.40. The molecule has 0 heterocycles. The lowest BCUT2D eigenvalue weighted by atomic mass is 10.2. The van der Waals surface area contributed by atoms with E-state index in [-0.39, 0.29) is 0 Å². The van der Waals surface area contributed by atoms with Gasteiger partial charge in [0.15, 0.2) is 0 Å². The summed E-state index contributed by atoms with van der Waals surface area (Å²) in [6, 6.07) is 8.36. The van der Waals surface area contributed by atoms with Crippen LogP contribution in [-0.4, -0.2) is 12.4 Å². The topological polar surface area (TPSA) is 9.23 Å². The number of unbranched alkanes of at least 4 members (excludes halogenated alkanes) is 2. The zero-order valence-corrected chi connectivity index (χ0v) is 10.3. The molecule has 0 aliphatic heterocycles. The van der Waals surface area contributed by atoms with Crippen LogP contribution < -0.4 is 4.74 Å². The summed E-state index contributed by atoms with van der Waals surface area (Å²) < 4.78 is 5.63. The SMILES string of the molecule is CCc1ccc(OCCCCCS)cc1. The van der Waals surface area contributed by atoms with Crippen molar-refractivity contribution < 1.29 is 4.74 Å². The first-order valence-corrected chi connectivity index (χ1v) is 6.32. The van der Waals surface area contributed by atoms with E-state index in [2.05, 4.69) is 43.8 Å². The smallest absolute Gasteiger partial charge is 0.119 e. The van der Waals surface area contributed by atoms with Crippen LogP contribution in [0.3, 0.4) is 0 Å². The van der Waals surface area contributed by atoms with E-state index in [1.165, 1.54) is 18.4 Å². The summed E-state index contributed by atoms with van der Waals surface area (Å²) in [5.74, 6) is 1.96. The van der Waals surface area contributed by atoms with E-state index in [9.17, 15) is 0 Å². The molecule has 0 aliphatic carbocycles. The third kappa shape index (κ3) is 5.12. The molecule has 0 N–H and O–H groups in total. The van der Waals surface area contributed by atoms with Crippen LogP contribution in [0.2, 0.25) is 0 Å². The highest BCUT2D eigenvalue weighted by atomic mass is 32.1. The molecule has 1 aromatic rings. The molecule has 1 aromatic carbocycles. The van der Waals surface area contributed by atoms with Gasteiger partial charge >= 0.3 is 0 Å². The quantitative estimate of drug-likeness (QED) is 0.548. The van der Waals surface area contributed by atoms with E-state index in [0.29, 0.717) is 0 Å². The van der Waals surface area contributed by atoms with Gasteiger partial charge in [-0.1, -0.05) is 19.1 Å². The van der Waals surface area contributed by atoms with Crippen molar-refractivity contribution in [2.45, 2.75) is 32.6 Å². The Balaban J connectivity index is 2.20. The van der Waals surface area contributed by atoms with Crippen molar-refractivity contribution in [3.63, 3.8) is 0 Å². The Morgan fingerprint density at radius 2 is 1.80 bits per heavy atom. The van der Waals surface area contributed by atoms with Crippen molar-refractivity contribution in [1.29, 1.82) is 0 Å². The maximum Gasteiger partial charge on any atom is 0.119 e. The zero-order chi connectivity index (χ0) is 10.9. The number of thiol groups is 1. The lowest BCUT2D eigenvalue weighted by Crippen LogP contribution is -1.97. The van der Waals surface area contributed by atoms with Crippen LogP contribution in [0, 0.1) is 0 Å². The summed E-state index contributed by atoms with van der Waals surface area (Å²) in [6.45, 7) is 2.98. The minimum atomic E-state index is 0.819. The predicted molar refractivity (Wildman–Crippen MR) is 69.0 cm³/mol. The Labute approximate surface area is 98.3 Å². The van der Waals surface area contributed by atoms with E-state index in [1.807, 2.05) is 0 Å². The second-order valence-corrected chi connectivity index (χ2v) is 4.08. The predicted octanol–water partition coefficient (Wildman–Crippen LogP) is 3.73. The summed E-state index contributed by atoms with van der Waals surface area (Å²) in [5, 5.41) is 0. The molecule has 0 saturated carbocycles. The van der Waals surface area contributed by atoms with E-state index in [4.69, 9.17) is 4.74 Å². The van der Waals surface area contributed by atoms with Gasteiger partial charge in [-0.3, -0.25) is 0 Å². The van der Waals surface area contributed by atoms with Crippen LogP contribution in [0.15, 0.2) is 24.3 Å². The van der Waals surface area contributed by atoms with Crippen LogP contribution in [0.25, 0.3) is 0 Å². The van der Waals surface area contributed by atoms with Gasteiger partial charge in [0.1, 0.15) is 5.75 Å². The number of rotatable bonds is 7. The number of aryl methyl sites for hydroxylation is 1. The molecule has 0 unspecified atom stereocenters. The van der Waals surface area contributed by atoms with E-state index >= 15 is 0 Å². The Morgan fingerprint density at radius 1 is 1.07 bits per heavy atom. The molecule has 0 fully saturated rings. The van der Waals surface area contributed by atoms with Gasteiger partial charge in [-0.2, -0.15) is 12.6 Å². The Kier molecular flexibility index (Phi) is 6.33. The summed E-state index contributed by atoms with van der Waals surface area (Å²) >= 11 is 4.17. The normalized spacial score (nSPS) is 10.3. The Bertz CT molecular complexity index is 256. The van der Waals surface area contributed by atoms with Gasteiger partial charge < -0.3 is 4.74 Å². The van der Waals surface area contributed by atoms with E-state index in [0.717, 1.165) is 31.0 Å². The second kappa shape index (κ2) is 7.63. The van der Waals surface area contributed by atoms with Crippen molar-refractivity contribution in [3.05, 3.63) is 29.8 Å². The van der Waals surface area contributed by atoms with Gasteiger partial charge in [0, 0.05) is 0 Å². The zero-order valence-electron chi connectivity index (χ0n) is 9.41. The molecule has 0 aromatic heterocycles. The molecule has 2 heteroatoms. The van der Waals surface area contributed by atoms with Gasteiger partial charge in [0.25, 0.3) is 0 Å². The molecule has 0 spiro atoms. The van der Waals surface area contributed by atoms with E-state index in [1.54, 1.807) is 0 Å². The second-order valence-electron chi connectivity index (χ2n) is 3.63. The third-order valence-electron chi connectivity index (χ3n) is 2.40. The minimum Gasteiger partial charge on any atom is -0.494 e. The molecule has 15 heavy (non-hydrogen) atoms. The van der Waals surface area contributed by atoms with Crippen LogP contribution in [0.1, 0.15) is 31.7 Å². The van der Waals surface area contributed by atoms with Crippen molar-refractivity contribution in [1.82, 2.24) is 0 Å². The maximum atomic E-state index is 5.63. The van der Waals surface area contributed by atoms with Crippen LogP contribution in [0.4, 0.5) is 0 Å². The molecule has 0 saturated heterocycles. The largest absolute Gasteiger partial charge is 0.494 e. The first-order valence-electron chi connectivity index (χ1n) is 5.69. The molecule has 0 radical (unpaired) electrons. The summed E-state index contributed by atoms with van der Waals surface area (Å²) in [7, 11) is 0. The fraction of sp³-hybridized carbons (Fsp3) is 0.538. The molecule has 84 valence electrons. The Morgan fingerprint density at radius 3 is 2.40 bits per heavy atom. The van der Waals surface area contributed by atoms with Crippen molar-refractivity contribution in [3.8, 4) is 5.75 Å². The van der Waals surface area contributed by atoms with Crippen molar-refractivity contribution in [2.75, 3.05) is 12.4 Å². The highest BCUT2D eigenvalue weighted by Gasteiger charge is 1.94. The van der Waals surface area contributed by atoms with Gasteiger partial charge in [-0.15, -0.1) is 0 Å². The first kappa shape index (κ1) is 12.4. The van der Waals surface area contributed by atoms with E-state index < -0.39 is 0 Å². The highest BCUT2D eigenvalue weighted by Crippen LogP contribution is 2.13. The number of hydrogen-bond acceptors (Lipinski definition) is 2. The van der Waals surface area contributed by atoms with Crippen molar-refractivity contribution >= 4 is 12.6 Å². The lowest BCUT2D eigenvalue weighted by molar-refractivity contribution is 0.306. The minimum absolute atomic E-state index is 0.819. The summed E-state index contributed by atoms with van der Waals surface area (Å²) in [4.78, 5) is 0. The standard InChI is InChI=1S/C13H20OS/c1-2-12-6-8-13(9-7-12)14-10-4-3-5-11-15/h6-9,15H,2-5,10-11H2,1H3. The molecular formula is C13H20OS. The molecule has 0 aliphatic rings. The lowest BCUT2D eigenvalue weighted by Gasteiger charge is -2.06. The molecule has 1 nitrogen and oxygen atoms in total. The number of ether oxygens (including phenoxy) is 1. The molecule has 0 bridgehead atoms. The number of benzene rings is 1. The van der Waals surface area contributed by atoms with Crippen LogP contribution in [0.5, 0.6) is 5.75 Å². The average Bonchev–Trinajstić information content (AvgIpc) is 2.30. The average molecular weight is 224 g/mol. The third-order valence-corrected chi connectivity index (χ3v) is 2.72. The molecule has 0 amide bonds. The Hall–Kier alpha value is -0.630. The number of hydrogen-bond donors (Lipinski definition) is 1.